The fourth-order valence-corrected chi connectivity index (χ4v) is 1.28. The maximum Gasteiger partial charge on any atom is 0.311 e. The standard InChI is InChI=1S/C6H4BrF2N3O2/c7-3-4(10)2(12(13)14)1-11-5(3)6(8)9/h1,6H,(H2,10,11). The molecule has 1 aromatic rings. The largest absolute Gasteiger partial charge is 0.392 e. The van der Waals surface area contributed by atoms with Crippen molar-refractivity contribution in [2.45, 2.75) is 6.43 Å². The van der Waals surface area contributed by atoms with Crippen LogP contribution in [0.3, 0.4) is 0 Å². The van der Waals surface area contributed by atoms with Gasteiger partial charge in [0.2, 0.25) is 0 Å². The van der Waals surface area contributed by atoms with E-state index in [9.17, 15) is 18.9 Å². The minimum absolute atomic E-state index is 0.235. The Hall–Kier alpha value is -1.31. The Balaban J connectivity index is 3.33. The van der Waals surface area contributed by atoms with E-state index in [0.717, 1.165) is 0 Å². The average molecular weight is 268 g/mol. The first kappa shape index (κ1) is 10.8. The highest BCUT2D eigenvalue weighted by molar-refractivity contribution is 9.10. The maximum absolute atomic E-state index is 12.2. The van der Waals surface area contributed by atoms with Crippen LogP contribution < -0.4 is 5.73 Å². The molecule has 0 aliphatic heterocycles. The van der Waals surface area contributed by atoms with E-state index in [-0.39, 0.29) is 10.2 Å². The third kappa shape index (κ3) is 1.79. The van der Waals surface area contributed by atoms with Crippen molar-refractivity contribution in [3.63, 3.8) is 0 Å². The topological polar surface area (TPSA) is 82.0 Å². The van der Waals surface area contributed by atoms with Crippen LogP contribution in [0, 0.1) is 10.1 Å². The number of halogens is 3. The summed E-state index contributed by atoms with van der Waals surface area (Å²) in [6.45, 7) is 0. The molecule has 0 spiro atoms. The second-order valence-electron chi connectivity index (χ2n) is 2.31. The molecule has 0 saturated heterocycles. The van der Waals surface area contributed by atoms with Gasteiger partial charge >= 0.3 is 5.69 Å². The number of nitrogens with two attached hydrogens (primary N) is 1. The molecule has 1 heterocycles. The van der Waals surface area contributed by atoms with Crippen LogP contribution in [-0.4, -0.2) is 9.91 Å². The summed E-state index contributed by atoms with van der Waals surface area (Å²) in [5.41, 5.74) is 3.81. The Kier molecular flexibility index (Phi) is 2.94. The Morgan fingerprint density at radius 1 is 1.64 bits per heavy atom. The Morgan fingerprint density at radius 3 is 2.64 bits per heavy atom. The number of nitrogens with zero attached hydrogens (tertiary/aromatic N) is 2. The van der Waals surface area contributed by atoms with Crippen LogP contribution in [-0.2, 0) is 0 Å². The highest BCUT2D eigenvalue weighted by Gasteiger charge is 2.22. The van der Waals surface area contributed by atoms with Crippen molar-refractivity contribution in [3.8, 4) is 0 Å². The lowest BCUT2D eigenvalue weighted by Crippen LogP contribution is -2.02. The van der Waals surface area contributed by atoms with E-state index in [1.807, 2.05) is 0 Å². The van der Waals surface area contributed by atoms with Gasteiger partial charge in [0.1, 0.15) is 17.6 Å². The van der Waals surface area contributed by atoms with Crippen LogP contribution in [0.2, 0.25) is 0 Å². The zero-order valence-electron chi connectivity index (χ0n) is 6.58. The maximum atomic E-state index is 12.2. The van der Waals surface area contributed by atoms with E-state index < -0.39 is 22.7 Å². The second kappa shape index (κ2) is 3.82. The molecule has 0 bridgehead atoms. The summed E-state index contributed by atoms with van der Waals surface area (Å²) in [6.07, 6.45) is -2.12. The Labute approximate surface area is 85.2 Å². The fraction of sp³-hybridized carbons (Fsp3) is 0.167. The lowest BCUT2D eigenvalue weighted by Gasteiger charge is -2.04. The Morgan fingerprint density at radius 2 is 2.21 bits per heavy atom. The predicted octanol–water partition coefficient (Wildman–Crippen LogP) is 2.27. The number of nitrogen functional groups attached to an aromatic ring is 1. The van der Waals surface area contributed by atoms with Crippen molar-refractivity contribution in [1.29, 1.82) is 0 Å². The van der Waals surface area contributed by atoms with Crippen molar-refractivity contribution in [2.75, 3.05) is 5.73 Å². The molecule has 0 fully saturated rings. The Bertz CT molecular complexity index is 386. The average Bonchev–Trinajstić information content (AvgIpc) is 2.08. The number of anilines is 1. The van der Waals surface area contributed by atoms with Crippen LogP contribution in [0.1, 0.15) is 12.1 Å². The number of aromatic nitrogens is 1. The van der Waals surface area contributed by atoms with E-state index in [2.05, 4.69) is 20.9 Å². The SMILES string of the molecule is Nc1c([N+](=O)[O-])cnc(C(F)F)c1Br. The van der Waals surface area contributed by atoms with Gasteiger partial charge in [-0.25, -0.2) is 13.8 Å². The molecule has 14 heavy (non-hydrogen) atoms. The van der Waals surface area contributed by atoms with Crippen LogP contribution in [0.15, 0.2) is 10.7 Å². The molecular weight excluding hydrogens is 264 g/mol. The summed E-state index contributed by atoms with van der Waals surface area (Å²) in [6, 6.07) is 0. The highest BCUT2D eigenvalue weighted by Crippen LogP contribution is 2.34. The summed E-state index contributed by atoms with van der Waals surface area (Å²) in [5, 5.41) is 10.3. The van der Waals surface area contributed by atoms with Gasteiger partial charge in [-0.15, -0.1) is 0 Å². The predicted molar refractivity (Wildman–Crippen MR) is 48.0 cm³/mol. The van der Waals surface area contributed by atoms with Crippen LogP contribution in [0.5, 0.6) is 0 Å². The molecule has 8 heteroatoms. The minimum Gasteiger partial charge on any atom is -0.392 e. The smallest absolute Gasteiger partial charge is 0.311 e. The van der Waals surface area contributed by atoms with Crippen LogP contribution in [0.25, 0.3) is 0 Å². The molecule has 0 aliphatic carbocycles. The molecule has 1 aromatic heterocycles. The van der Waals surface area contributed by atoms with Gasteiger partial charge in [-0.2, -0.15) is 0 Å². The zero-order chi connectivity index (χ0) is 10.9. The molecule has 0 radical (unpaired) electrons. The van der Waals surface area contributed by atoms with Gasteiger partial charge in [-0.3, -0.25) is 10.1 Å². The first-order valence-electron chi connectivity index (χ1n) is 3.31. The summed E-state index contributed by atoms with van der Waals surface area (Å²) in [4.78, 5) is 12.8. The third-order valence-electron chi connectivity index (χ3n) is 1.47. The first-order chi connectivity index (χ1) is 6.45. The van der Waals surface area contributed by atoms with E-state index >= 15 is 0 Å². The van der Waals surface area contributed by atoms with Crippen molar-refractivity contribution in [2.24, 2.45) is 0 Å². The normalized spacial score (nSPS) is 10.6. The second-order valence-corrected chi connectivity index (χ2v) is 3.11. The number of rotatable bonds is 2. The lowest BCUT2D eigenvalue weighted by atomic mass is 10.3. The summed E-state index contributed by atoms with van der Waals surface area (Å²) < 4.78 is 24.2. The van der Waals surface area contributed by atoms with Gasteiger partial charge in [-0.05, 0) is 15.9 Å². The van der Waals surface area contributed by atoms with E-state index in [1.54, 1.807) is 0 Å². The van der Waals surface area contributed by atoms with E-state index in [4.69, 9.17) is 5.73 Å². The summed E-state index contributed by atoms with van der Waals surface area (Å²) >= 11 is 2.73. The van der Waals surface area contributed by atoms with E-state index in [0.29, 0.717) is 6.20 Å². The zero-order valence-corrected chi connectivity index (χ0v) is 8.16. The molecule has 2 N–H and O–H groups in total. The first-order valence-corrected chi connectivity index (χ1v) is 4.11. The number of alkyl halides is 2. The molecule has 1 rings (SSSR count). The monoisotopic (exact) mass is 267 g/mol. The molecule has 0 aromatic carbocycles. The quantitative estimate of drug-likeness (QED) is 0.658. The number of pyridine rings is 1. The van der Waals surface area contributed by atoms with Gasteiger partial charge in [0.25, 0.3) is 6.43 Å². The molecule has 76 valence electrons. The summed E-state index contributed by atoms with van der Waals surface area (Å²) in [5.74, 6) is 0. The van der Waals surface area contributed by atoms with E-state index in [1.165, 1.54) is 0 Å². The van der Waals surface area contributed by atoms with Crippen molar-refractivity contribution >= 4 is 27.3 Å². The van der Waals surface area contributed by atoms with Gasteiger partial charge < -0.3 is 5.73 Å². The molecule has 0 saturated carbocycles. The third-order valence-corrected chi connectivity index (χ3v) is 2.30. The molecule has 5 nitrogen and oxygen atoms in total. The minimum atomic E-state index is -2.83. The molecule has 0 unspecified atom stereocenters. The number of nitro groups is 1. The highest BCUT2D eigenvalue weighted by atomic mass is 79.9. The molecular formula is C6H4BrF2N3O2. The summed E-state index contributed by atoms with van der Waals surface area (Å²) in [7, 11) is 0. The van der Waals surface area contributed by atoms with Gasteiger partial charge in [-0.1, -0.05) is 0 Å². The van der Waals surface area contributed by atoms with Gasteiger partial charge in [0, 0.05) is 0 Å². The lowest BCUT2D eigenvalue weighted by molar-refractivity contribution is -0.384. The molecule has 0 amide bonds. The van der Waals surface area contributed by atoms with Crippen LogP contribution in [0.4, 0.5) is 20.2 Å². The molecule has 0 aliphatic rings. The van der Waals surface area contributed by atoms with Crippen molar-refractivity contribution in [3.05, 3.63) is 26.5 Å². The van der Waals surface area contributed by atoms with Gasteiger partial charge in [0.05, 0.1) is 9.40 Å². The fourth-order valence-electron chi connectivity index (χ4n) is 0.805. The van der Waals surface area contributed by atoms with Crippen molar-refractivity contribution < 1.29 is 13.7 Å². The van der Waals surface area contributed by atoms with Crippen molar-refractivity contribution in [1.82, 2.24) is 4.98 Å². The number of hydrogen-bond acceptors (Lipinski definition) is 4. The number of hydrogen-bond donors (Lipinski definition) is 1. The van der Waals surface area contributed by atoms with Gasteiger partial charge in [0.15, 0.2) is 0 Å². The molecule has 0 atom stereocenters. The van der Waals surface area contributed by atoms with Crippen LogP contribution >= 0.6 is 15.9 Å².